The zero-order chi connectivity index (χ0) is 14.9. The van der Waals surface area contributed by atoms with E-state index in [1.54, 1.807) is 0 Å². The lowest BCUT2D eigenvalue weighted by Gasteiger charge is -2.24. The fourth-order valence-corrected chi connectivity index (χ4v) is 4.82. The molecule has 2 fully saturated rings. The number of hydrogen-bond donors (Lipinski definition) is 1. The molecule has 21 heavy (non-hydrogen) atoms. The van der Waals surface area contributed by atoms with Gasteiger partial charge in [0, 0.05) is 0 Å². The van der Waals surface area contributed by atoms with Crippen LogP contribution in [0.4, 0.5) is 0 Å². The highest BCUT2D eigenvalue weighted by atomic mass is 16.3. The normalized spacial score (nSPS) is 29.1. The van der Waals surface area contributed by atoms with Crippen LogP contribution in [0.25, 0.3) is 0 Å². The van der Waals surface area contributed by atoms with E-state index in [0.717, 1.165) is 30.6 Å². The number of rotatable bonds is 12. The first-order valence-electron chi connectivity index (χ1n) is 9.97. The molecule has 0 amide bonds. The second-order valence-corrected chi connectivity index (χ2v) is 7.94. The molecule has 0 saturated heterocycles. The molecule has 0 heterocycles. The molecule has 2 aliphatic carbocycles. The van der Waals surface area contributed by atoms with Gasteiger partial charge < -0.3 is 5.11 Å². The molecular weight excluding hydrogens is 256 g/mol. The Morgan fingerprint density at radius 1 is 0.857 bits per heavy atom. The molecule has 124 valence electrons. The van der Waals surface area contributed by atoms with E-state index in [1.165, 1.54) is 83.5 Å². The van der Waals surface area contributed by atoms with Crippen LogP contribution in [0.3, 0.4) is 0 Å². The largest absolute Gasteiger partial charge is 0.393 e. The molecule has 4 atom stereocenters. The Kier molecular flexibility index (Phi) is 8.14. The van der Waals surface area contributed by atoms with Crippen LogP contribution in [-0.4, -0.2) is 11.2 Å². The maximum Gasteiger partial charge on any atom is 0.0543 e. The summed E-state index contributed by atoms with van der Waals surface area (Å²) < 4.78 is 0. The molecule has 1 N–H and O–H groups in total. The van der Waals surface area contributed by atoms with Crippen molar-refractivity contribution in [3.63, 3.8) is 0 Å². The highest BCUT2D eigenvalue weighted by Gasteiger charge is 2.39. The molecular formula is C20H38O. The smallest absolute Gasteiger partial charge is 0.0543 e. The summed E-state index contributed by atoms with van der Waals surface area (Å²) in [6.07, 6.45) is 20.4. The molecule has 2 aliphatic rings. The first-order chi connectivity index (χ1) is 10.3. The van der Waals surface area contributed by atoms with Gasteiger partial charge in [0.2, 0.25) is 0 Å². The minimum atomic E-state index is -0.00101. The Labute approximate surface area is 132 Å². The molecule has 2 bridgehead atoms. The first kappa shape index (κ1) is 17.3. The van der Waals surface area contributed by atoms with Crippen molar-refractivity contribution in [2.45, 2.75) is 109 Å². The van der Waals surface area contributed by atoms with Crippen LogP contribution in [0.1, 0.15) is 103 Å². The number of aliphatic hydroxyl groups is 1. The molecule has 0 aromatic rings. The Hall–Kier alpha value is -0.0400. The number of fused-ring (bicyclic) bond motifs is 2. The predicted molar refractivity (Wildman–Crippen MR) is 91.4 cm³/mol. The number of hydrogen-bond acceptors (Lipinski definition) is 1. The van der Waals surface area contributed by atoms with Crippen LogP contribution >= 0.6 is 0 Å². The molecule has 0 aromatic heterocycles. The summed E-state index contributed by atoms with van der Waals surface area (Å²) in [5.41, 5.74) is 0. The standard InChI is InChI=1S/C20H38O/c1-2-3-4-5-6-7-8-9-10-11-20(21)16-19-15-17-12-13-18(19)14-17/h17-21H,2-16H2,1H3. The third kappa shape index (κ3) is 6.30. The average molecular weight is 295 g/mol. The summed E-state index contributed by atoms with van der Waals surface area (Å²) in [5, 5.41) is 10.2. The highest BCUT2D eigenvalue weighted by Crippen LogP contribution is 2.50. The summed E-state index contributed by atoms with van der Waals surface area (Å²) >= 11 is 0. The van der Waals surface area contributed by atoms with E-state index in [-0.39, 0.29) is 6.10 Å². The second-order valence-electron chi connectivity index (χ2n) is 7.94. The van der Waals surface area contributed by atoms with Gasteiger partial charge in [-0.25, -0.2) is 0 Å². The van der Waals surface area contributed by atoms with Gasteiger partial charge in [0.1, 0.15) is 0 Å². The Bertz CT molecular complexity index is 263. The van der Waals surface area contributed by atoms with E-state index in [4.69, 9.17) is 0 Å². The summed E-state index contributed by atoms with van der Waals surface area (Å²) in [5.74, 6) is 2.88. The van der Waals surface area contributed by atoms with Gasteiger partial charge in [-0.2, -0.15) is 0 Å². The van der Waals surface area contributed by atoms with Crippen LogP contribution in [0.2, 0.25) is 0 Å². The monoisotopic (exact) mass is 294 g/mol. The van der Waals surface area contributed by atoms with E-state index >= 15 is 0 Å². The van der Waals surface area contributed by atoms with Crippen LogP contribution in [0.15, 0.2) is 0 Å². The van der Waals surface area contributed by atoms with Gasteiger partial charge in [-0.05, 0) is 49.9 Å². The summed E-state index contributed by atoms with van der Waals surface area (Å²) in [6, 6.07) is 0. The molecule has 2 rings (SSSR count). The van der Waals surface area contributed by atoms with Crippen molar-refractivity contribution < 1.29 is 5.11 Å². The van der Waals surface area contributed by atoms with E-state index in [1.807, 2.05) is 0 Å². The maximum atomic E-state index is 10.2. The van der Waals surface area contributed by atoms with Crippen molar-refractivity contribution >= 4 is 0 Å². The van der Waals surface area contributed by atoms with Gasteiger partial charge in [-0.3, -0.25) is 0 Å². The van der Waals surface area contributed by atoms with E-state index in [0.29, 0.717) is 0 Å². The summed E-state index contributed by atoms with van der Waals surface area (Å²) in [4.78, 5) is 0. The third-order valence-corrected chi connectivity index (χ3v) is 6.10. The maximum absolute atomic E-state index is 10.2. The second kappa shape index (κ2) is 9.87. The SMILES string of the molecule is CCCCCCCCCCCC(O)CC1CC2CCC1C2. The van der Waals surface area contributed by atoms with Crippen molar-refractivity contribution in [2.24, 2.45) is 17.8 Å². The minimum Gasteiger partial charge on any atom is -0.393 e. The molecule has 0 radical (unpaired) electrons. The molecule has 0 aromatic carbocycles. The van der Waals surface area contributed by atoms with Gasteiger partial charge in [0.15, 0.2) is 0 Å². The third-order valence-electron chi connectivity index (χ3n) is 6.10. The number of unbranched alkanes of at least 4 members (excludes halogenated alkanes) is 8. The van der Waals surface area contributed by atoms with E-state index < -0.39 is 0 Å². The van der Waals surface area contributed by atoms with Crippen molar-refractivity contribution in [3.8, 4) is 0 Å². The molecule has 0 spiro atoms. The lowest BCUT2D eigenvalue weighted by molar-refractivity contribution is 0.114. The van der Waals surface area contributed by atoms with Crippen LogP contribution in [-0.2, 0) is 0 Å². The minimum absolute atomic E-state index is 0.00101. The first-order valence-corrected chi connectivity index (χ1v) is 9.97. The quantitative estimate of drug-likeness (QED) is 0.431. The van der Waals surface area contributed by atoms with Crippen LogP contribution in [0, 0.1) is 17.8 Å². The molecule has 2 saturated carbocycles. The van der Waals surface area contributed by atoms with Crippen LogP contribution in [0.5, 0.6) is 0 Å². The van der Waals surface area contributed by atoms with Gasteiger partial charge in [-0.1, -0.05) is 71.1 Å². The summed E-state index contributed by atoms with van der Waals surface area (Å²) in [7, 11) is 0. The number of aliphatic hydroxyl groups excluding tert-OH is 1. The topological polar surface area (TPSA) is 20.2 Å². The molecule has 4 unspecified atom stereocenters. The fraction of sp³-hybridized carbons (Fsp3) is 1.00. The van der Waals surface area contributed by atoms with Gasteiger partial charge >= 0.3 is 0 Å². The van der Waals surface area contributed by atoms with Crippen molar-refractivity contribution in [1.82, 2.24) is 0 Å². The van der Waals surface area contributed by atoms with E-state index in [9.17, 15) is 5.11 Å². The van der Waals surface area contributed by atoms with E-state index in [2.05, 4.69) is 6.92 Å². The zero-order valence-corrected chi connectivity index (χ0v) is 14.4. The zero-order valence-electron chi connectivity index (χ0n) is 14.4. The van der Waals surface area contributed by atoms with Crippen molar-refractivity contribution in [3.05, 3.63) is 0 Å². The Morgan fingerprint density at radius 3 is 2.10 bits per heavy atom. The summed E-state index contributed by atoms with van der Waals surface area (Å²) in [6.45, 7) is 2.28. The molecule has 1 nitrogen and oxygen atoms in total. The van der Waals surface area contributed by atoms with Crippen molar-refractivity contribution in [1.29, 1.82) is 0 Å². The molecule has 0 aliphatic heterocycles. The average Bonchev–Trinajstić information content (AvgIpc) is 3.08. The lowest BCUT2D eigenvalue weighted by Crippen LogP contribution is -2.18. The predicted octanol–water partition coefficient (Wildman–Crippen LogP) is 6.09. The van der Waals surface area contributed by atoms with Gasteiger partial charge in [0.25, 0.3) is 0 Å². The van der Waals surface area contributed by atoms with Gasteiger partial charge in [0.05, 0.1) is 6.10 Å². The lowest BCUT2D eigenvalue weighted by atomic mass is 9.84. The highest BCUT2D eigenvalue weighted by molar-refractivity contribution is 4.90. The van der Waals surface area contributed by atoms with Crippen LogP contribution < -0.4 is 0 Å². The molecule has 1 heteroatoms. The Morgan fingerprint density at radius 2 is 1.52 bits per heavy atom. The van der Waals surface area contributed by atoms with Crippen molar-refractivity contribution in [2.75, 3.05) is 0 Å². The Balaban J connectivity index is 1.39. The fourth-order valence-electron chi connectivity index (χ4n) is 4.82. The van der Waals surface area contributed by atoms with Gasteiger partial charge in [-0.15, -0.1) is 0 Å².